The molecule has 0 radical (unpaired) electrons. The molecule has 0 N–H and O–H groups in total. The number of rotatable bonds is 4. The third kappa shape index (κ3) is 4.63. The molecule has 0 bridgehead atoms. The van der Waals surface area contributed by atoms with E-state index in [1.54, 1.807) is 24.2 Å². The summed E-state index contributed by atoms with van der Waals surface area (Å²) >= 11 is 1.18. The fraction of sp³-hybridized carbons (Fsp3) is 0.375. The van der Waals surface area contributed by atoms with Gasteiger partial charge in [0.25, 0.3) is 0 Å². The number of benzene rings is 1. The van der Waals surface area contributed by atoms with Gasteiger partial charge in [0.1, 0.15) is 0 Å². The molecule has 0 spiro atoms. The first-order chi connectivity index (χ1) is 10.0. The zero-order valence-electron chi connectivity index (χ0n) is 13.0. The summed E-state index contributed by atoms with van der Waals surface area (Å²) in [6.07, 6.45) is 3.52. The molecule has 4 nitrogen and oxygen atoms in total. The molecule has 0 heterocycles. The van der Waals surface area contributed by atoms with Gasteiger partial charge < -0.3 is 10.1 Å². The summed E-state index contributed by atoms with van der Waals surface area (Å²) in [4.78, 5) is 14.0. The Hall–Kier alpha value is -1.75. The van der Waals surface area contributed by atoms with Crippen LogP contribution in [0.1, 0.15) is 26.3 Å². The maximum Gasteiger partial charge on any atom is 0.327 e. The van der Waals surface area contributed by atoms with Gasteiger partial charge in [0.15, 0.2) is 5.70 Å². The molecule has 0 aliphatic rings. The van der Waals surface area contributed by atoms with Crippen molar-refractivity contribution in [3.8, 4) is 0 Å². The number of hydrogen-bond donors (Lipinski definition) is 0. The van der Waals surface area contributed by atoms with Gasteiger partial charge in [0, 0.05) is 26.1 Å². The minimum Gasteiger partial charge on any atom is -0.618 e. The van der Waals surface area contributed by atoms with Gasteiger partial charge in [-0.05, 0) is 25.7 Å². The number of carbonyl (C=O) groups is 1. The van der Waals surface area contributed by atoms with Crippen molar-refractivity contribution in [2.24, 2.45) is 0 Å². The van der Waals surface area contributed by atoms with Crippen molar-refractivity contribution in [3.05, 3.63) is 46.8 Å². The second kappa shape index (κ2) is 8.52. The predicted octanol–water partition coefficient (Wildman–Crippen LogP) is 3.19. The lowest BCUT2D eigenvalue weighted by Crippen LogP contribution is -2.37. The van der Waals surface area contributed by atoms with Crippen molar-refractivity contribution in [1.29, 1.82) is 0 Å². The van der Waals surface area contributed by atoms with Gasteiger partial charge in [0.2, 0.25) is 0 Å². The third-order valence-electron chi connectivity index (χ3n) is 3.11. The van der Waals surface area contributed by atoms with Crippen LogP contribution in [0.5, 0.6) is 0 Å². The molecule has 114 valence electrons. The molecule has 0 aliphatic carbocycles. The Kier molecular flexibility index (Phi) is 7.02. The van der Waals surface area contributed by atoms with Gasteiger partial charge >= 0.3 is 11.0 Å². The molecule has 1 aromatic carbocycles. The van der Waals surface area contributed by atoms with Crippen LogP contribution < -0.4 is 0 Å². The highest BCUT2D eigenvalue weighted by atomic mass is 32.2. The van der Waals surface area contributed by atoms with Crippen LogP contribution in [0.4, 0.5) is 0 Å². The van der Waals surface area contributed by atoms with Gasteiger partial charge in [-0.2, -0.15) is 4.74 Å². The molecule has 0 fully saturated rings. The van der Waals surface area contributed by atoms with E-state index < -0.39 is 0 Å². The number of hydrogen-bond acceptors (Lipinski definition) is 3. The average Bonchev–Trinajstić information content (AvgIpc) is 2.50. The number of carbonyl (C=O) groups excluding carboxylic acids is 1. The van der Waals surface area contributed by atoms with Crippen LogP contribution in [0.15, 0.2) is 36.0 Å². The van der Waals surface area contributed by atoms with Crippen LogP contribution in [-0.4, -0.2) is 39.9 Å². The molecule has 1 aromatic rings. The number of hydroxylamine groups is 1. The molecule has 5 heteroatoms. The van der Waals surface area contributed by atoms with Gasteiger partial charge in [-0.3, -0.25) is 4.79 Å². The maximum atomic E-state index is 12.4. The Morgan fingerprint density at radius 3 is 2.33 bits per heavy atom. The molecule has 0 saturated heterocycles. The second-order valence-electron chi connectivity index (χ2n) is 4.48. The maximum absolute atomic E-state index is 12.4. The highest BCUT2D eigenvalue weighted by molar-refractivity contribution is 8.14. The summed E-state index contributed by atoms with van der Waals surface area (Å²) in [7, 11) is 0. The van der Waals surface area contributed by atoms with Gasteiger partial charge in [-0.1, -0.05) is 42.1 Å². The molecule has 0 saturated carbocycles. The lowest BCUT2D eigenvalue weighted by Gasteiger charge is -2.18. The van der Waals surface area contributed by atoms with Crippen LogP contribution in [0.25, 0.3) is 6.08 Å². The SMILES string of the molecule is CCN(CC)C(=O)/C(SC)=[N+]([O-])\C(C)=C\c1ccccc1. The van der Waals surface area contributed by atoms with Gasteiger partial charge in [0.05, 0.1) is 0 Å². The van der Waals surface area contributed by atoms with E-state index in [4.69, 9.17) is 0 Å². The Labute approximate surface area is 130 Å². The zero-order valence-corrected chi connectivity index (χ0v) is 13.8. The smallest absolute Gasteiger partial charge is 0.327 e. The summed E-state index contributed by atoms with van der Waals surface area (Å²) < 4.78 is 0.721. The van der Waals surface area contributed by atoms with Crippen LogP contribution in [0.3, 0.4) is 0 Å². The number of allylic oxidation sites excluding steroid dienone is 1. The van der Waals surface area contributed by atoms with Gasteiger partial charge in [-0.15, -0.1) is 0 Å². The minimum atomic E-state index is -0.219. The Morgan fingerprint density at radius 1 is 1.29 bits per heavy atom. The normalized spacial score (nSPS) is 12.9. The summed E-state index contributed by atoms with van der Waals surface area (Å²) in [6, 6.07) is 9.58. The van der Waals surface area contributed by atoms with Crippen molar-refractivity contribution in [2.45, 2.75) is 20.8 Å². The number of thioether (sulfide) groups is 1. The van der Waals surface area contributed by atoms with E-state index in [0.29, 0.717) is 18.8 Å². The van der Waals surface area contributed by atoms with Crippen LogP contribution in [0, 0.1) is 5.21 Å². The first kappa shape index (κ1) is 17.3. The van der Waals surface area contributed by atoms with Gasteiger partial charge in [-0.25, -0.2) is 0 Å². The molecular weight excluding hydrogens is 284 g/mol. The Morgan fingerprint density at radius 2 is 1.86 bits per heavy atom. The predicted molar refractivity (Wildman–Crippen MR) is 90.2 cm³/mol. The van der Waals surface area contributed by atoms with E-state index in [9.17, 15) is 10.0 Å². The third-order valence-corrected chi connectivity index (χ3v) is 3.83. The fourth-order valence-electron chi connectivity index (χ4n) is 1.91. The highest BCUT2D eigenvalue weighted by Gasteiger charge is 2.25. The topological polar surface area (TPSA) is 46.4 Å². The van der Waals surface area contributed by atoms with Crippen molar-refractivity contribution in [2.75, 3.05) is 19.3 Å². The van der Waals surface area contributed by atoms with E-state index in [-0.39, 0.29) is 11.0 Å². The van der Waals surface area contributed by atoms with Crippen molar-refractivity contribution in [1.82, 2.24) is 4.90 Å². The molecule has 21 heavy (non-hydrogen) atoms. The molecule has 0 unspecified atom stereocenters. The Bertz CT molecular complexity index is 534. The molecular formula is C16H22N2O2S. The van der Waals surface area contributed by atoms with E-state index in [1.807, 2.05) is 44.2 Å². The molecule has 0 atom stereocenters. The largest absolute Gasteiger partial charge is 0.618 e. The standard InChI is InChI=1S/C16H22N2O2S/c1-5-17(6-2)15(19)16(21-4)18(20)13(3)12-14-10-8-7-9-11-14/h7-12H,5-6H2,1-4H3/b13-12+,18-16-. The summed E-state index contributed by atoms with van der Waals surface area (Å²) in [5.41, 5.74) is 1.43. The molecule has 1 rings (SSSR count). The zero-order chi connectivity index (χ0) is 15.8. The van der Waals surface area contributed by atoms with Crippen molar-refractivity contribution < 1.29 is 9.53 Å². The monoisotopic (exact) mass is 306 g/mol. The van der Waals surface area contributed by atoms with Crippen molar-refractivity contribution in [3.63, 3.8) is 0 Å². The molecule has 0 aliphatic heterocycles. The molecule has 0 aromatic heterocycles. The number of nitrogens with zero attached hydrogens (tertiary/aromatic N) is 2. The van der Waals surface area contributed by atoms with E-state index in [2.05, 4.69) is 0 Å². The lowest BCUT2D eigenvalue weighted by atomic mass is 10.2. The summed E-state index contributed by atoms with van der Waals surface area (Å²) in [5.74, 6) is -0.219. The van der Waals surface area contributed by atoms with Crippen LogP contribution in [0.2, 0.25) is 0 Å². The second-order valence-corrected chi connectivity index (χ2v) is 5.27. The average molecular weight is 306 g/mol. The Balaban J connectivity index is 3.12. The van der Waals surface area contributed by atoms with Crippen LogP contribution >= 0.6 is 11.8 Å². The fourth-order valence-corrected chi connectivity index (χ4v) is 2.53. The van der Waals surface area contributed by atoms with Crippen molar-refractivity contribution >= 4 is 28.8 Å². The summed E-state index contributed by atoms with van der Waals surface area (Å²) in [5, 5.41) is 12.6. The highest BCUT2D eigenvalue weighted by Crippen LogP contribution is 2.11. The van der Waals surface area contributed by atoms with E-state index in [1.165, 1.54) is 11.8 Å². The first-order valence-corrected chi connectivity index (χ1v) is 8.18. The van der Waals surface area contributed by atoms with Crippen LogP contribution in [-0.2, 0) is 4.79 Å². The molecule has 1 amide bonds. The lowest BCUT2D eigenvalue weighted by molar-refractivity contribution is -0.395. The first-order valence-electron chi connectivity index (χ1n) is 6.95. The summed E-state index contributed by atoms with van der Waals surface area (Å²) in [6.45, 7) is 6.71. The van der Waals surface area contributed by atoms with E-state index >= 15 is 0 Å². The minimum absolute atomic E-state index is 0.198. The number of amides is 1. The quantitative estimate of drug-likeness (QED) is 0.282. The van der Waals surface area contributed by atoms with E-state index in [0.717, 1.165) is 10.3 Å².